The molecule has 0 radical (unpaired) electrons. The molecule has 0 amide bonds. The molecule has 0 aromatic carbocycles. The van der Waals surface area contributed by atoms with Gasteiger partial charge in [0.25, 0.3) is 0 Å². The quantitative estimate of drug-likeness (QED) is 0.273. The van der Waals surface area contributed by atoms with Crippen molar-refractivity contribution < 1.29 is 34.1 Å². The minimum Gasteiger partial charge on any atom is -0.481 e. The number of ether oxygens (including phenoxy) is 1. The van der Waals surface area contributed by atoms with Crippen molar-refractivity contribution in [3.05, 3.63) is 34.4 Å². The lowest BCUT2D eigenvalue weighted by molar-refractivity contribution is -0.255. The number of hydrogen-bond acceptors (Lipinski definition) is 7. The molecule has 0 unspecified atom stereocenters. The van der Waals surface area contributed by atoms with Gasteiger partial charge in [-0.2, -0.15) is 0 Å². The molecule has 0 spiro atoms. The molecule has 4 aliphatic carbocycles. The molecule has 0 aliphatic heterocycles. The van der Waals surface area contributed by atoms with E-state index in [2.05, 4.69) is 13.8 Å². The second-order valence-corrected chi connectivity index (χ2v) is 13.7. The van der Waals surface area contributed by atoms with E-state index in [1.54, 1.807) is 6.26 Å². The number of carbonyl (C=O) groups excluding carboxylic acids is 1. The summed E-state index contributed by atoms with van der Waals surface area (Å²) in [7, 11) is 0. The second kappa shape index (κ2) is 10.9. The predicted octanol–water partition coefficient (Wildman–Crippen LogP) is 5.33. The van der Waals surface area contributed by atoms with Crippen molar-refractivity contribution in [2.75, 3.05) is 0 Å². The van der Waals surface area contributed by atoms with Gasteiger partial charge in [-0.25, -0.2) is 4.79 Å². The lowest BCUT2D eigenvalue weighted by Crippen LogP contribution is -2.67. The van der Waals surface area contributed by atoms with Gasteiger partial charge in [-0.15, -0.1) is 0 Å². The Balaban J connectivity index is 1.22. The fourth-order valence-corrected chi connectivity index (χ4v) is 9.53. The van der Waals surface area contributed by atoms with Gasteiger partial charge in [-0.1, -0.05) is 26.7 Å². The number of hydrogen-bond donors (Lipinski definition) is 3. The van der Waals surface area contributed by atoms with Crippen molar-refractivity contribution in [3.63, 3.8) is 0 Å². The average molecular weight is 559 g/mol. The van der Waals surface area contributed by atoms with Gasteiger partial charge < -0.3 is 24.5 Å². The molecular weight excluding hydrogens is 512 g/mol. The highest BCUT2D eigenvalue weighted by Gasteiger charge is 2.70. The number of unbranched alkanes of at least 4 members (excludes halogenated alkanes) is 3. The van der Waals surface area contributed by atoms with E-state index >= 15 is 0 Å². The molecule has 0 saturated heterocycles. The van der Waals surface area contributed by atoms with Crippen LogP contribution in [0.4, 0.5) is 0 Å². The van der Waals surface area contributed by atoms with Gasteiger partial charge >= 0.3 is 17.6 Å². The average Bonchev–Trinajstić information content (AvgIpc) is 3.18. The highest BCUT2D eigenvalue weighted by Crippen LogP contribution is 2.71. The minimum atomic E-state index is -0.931. The Morgan fingerprint density at radius 3 is 2.30 bits per heavy atom. The zero-order valence-corrected chi connectivity index (χ0v) is 24.0. The molecule has 8 atom stereocenters. The van der Waals surface area contributed by atoms with Crippen LogP contribution in [0.2, 0.25) is 0 Å². The smallest absolute Gasteiger partial charge is 0.335 e. The summed E-state index contributed by atoms with van der Waals surface area (Å²) in [6.07, 6.45) is 11.3. The SMILES string of the molecule is C[C@]12CC[C@H](OC(=O)CCCCCCC(=O)O)C[C@@]1(O)CC[C@@H]1[C@@H]2CC[C@]2(C)[C@@H](c3ccc(=O)oc3)CC[C@]12O. The summed E-state index contributed by atoms with van der Waals surface area (Å²) in [4.78, 5) is 34.7. The first-order valence-electron chi connectivity index (χ1n) is 15.4. The van der Waals surface area contributed by atoms with E-state index in [1.165, 1.54) is 6.07 Å². The van der Waals surface area contributed by atoms with Crippen LogP contribution in [0.5, 0.6) is 0 Å². The van der Waals surface area contributed by atoms with Crippen LogP contribution in [0.3, 0.4) is 0 Å². The molecular formula is C32H46O8. The molecule has 40 heavy (non-hydrogen) atoms. The van der Waals surface area contributed by atoms with Gasteiger partial charge in [0.05, 0.1) is 17.5 Å². The first kappa shape index (κ1) is 29.3. The van der Waals surface area contributed by atoms with Crippen LogP contribution in [0.25, 0.3) is 0 Å². The lowest BCUT2D eigenvalue weighted by atomic mass is 9.42. The normalized spacial score (nSPS) is 40.5. The van der Waals surface area contributed by atoms with Crippen LogP contribution in [0.1, 0.15) is 122 Å². The molecule has 0 bridgehead atoms. The number of carbonyl (C=O) groups is 2. The van der Waals surface area contributed by atoms with E-state index < -0.39 is 17.2 Å². The second-order valence-electron chi connectivity index (χ2n) is 13.7. The van der Waals surface area contributed by atoms with Crippen LogP contribution in [0.15, 0.2) is 27.6 Å². The molecule has 222 valence electrons. The molecule has 1 aromatic rings. The number of carboxylic acids is 1. The lowest BCUT2D eigenvalue weighted by Gasteiger charge is -2.66. The highest BCUT2D eigenvalue weighted by atomic mass is 16.5. The van der Waals surface area contributed by atoms with E-state index in [4.69, 9.17) is 14.3 Å². The van der Waals surface area contributed by atoms with Crippen molar-refractivity contribution in [1.82, 2.24) is 0 Å². The van der Waals surface area contributed by atoms with E-state index in [9.17, 15) is 24.6 Å². The molecule has 3 N–H and O–H groups in total. The van der Waals surface area contributed by atoms with Crippen molar-refractivity contribution in [1.29, 1.82) is 0 Å². The van der Waals surface area contributed by atoms with Crippen LogP contribution in [0, 0.1) is 22.7 Å². The van der Waals surface area contributed by atoms with Crippen LogP contribution >= 0.6 is 0 Å². The summed E-state index contributed by atoms with van der Waals surface area (Å²) in [6, 6.07) is 3.32. The Morgan fingerprint density at radius 1 is 0.900 bits per heavy atom. The van der Waals surface area contributed by atoms with Gasteiger partial charge in [0.15, 0.2) is 0 Å². The van der Waals surface area contributed by atoms with Gasteiger partial charge in [0.2, 0.25) is 0 Å². The van der Waals surface area contributed by atoms with E-state index in [0.29, 0.717) is 44.9 Å². The van der Waals surface area contributed by atoms with Gasteiger partial charge in [-0.3, -0.25) is 9.59 Å². The van der Waals surface area contributed by atoms with Crippen molar-refractivity contribution in [2.24, 2.45) is 22.7 Å². The molecule has 4 saturated carbocycles. The van der Waals surface area contributed by atoms with E-state index in [1.807, 2.05) is 6.07 Å². The summed E-state index contributed by atoms with van der Waals surface area (Å²) in [5.74, 6) is -0.607. The van der Waals surface area contributed by atoms with Gasteiger partial charge in [-0.05, 0) is 99.0 Å². The number of aliphatic hydroxyl groups is 2. The zero-order chi connectivity index (χ0) is 28.8. The number of esters is 1. The number of carboxylic acid groups (broad SMARTS) is 1. The molecule has 1 heterocycles. The van der Waals surface area contributed by atoms with Crippen molar-refractivity contribution in [2.45, 2.75) is 133 Å². The number of fused-ring (bicyclic) bond motifs is 5. The largest absolute Gasteiger partial charge is 0.481 e. The molecule has 8 nitrogen and oxygen atoms in total. The maximum atomic E-state index is 12.5. The number of rotatable bonds is 9. The fraction of sp³-hybridized carbons (Fsp3) is 0.781. The van der Waals surface area contributed by atoms with E-state index in [0.717, 1.165) is 50.5 Å². The Morgan fingerprint density at radius 2 is 1.60 bits per heavy atom. The summed E-state index contributed by atoms with van der Waals surface area (Å²) >= 11 is 0. The Bertz CT molecular complexity index is 1140. The third-order valence-electron chi connectivity index (χ3n) is 11.9. The zero-order valence-electron chi connectivity index (χ0n) is 24.0. The Hall–Kier alpha value is -2.19. The summed E-state index contributed by atoms with van der Waals surface area (Å²) in [5, 5.41) is 33.2. The molecule has 4 aliphatic rings. The molecule has 5 rings (SSSR count). The number of aliphatic carboxylic acids is 1. The summed E-state index contributed by atoms with van der Waals surface area (Å²) in [5.41, 5.74) is -1.82. The first-order valence-corrected chi connectivity index (χ1v) is 15.4. The van der Waals surface area contributed by atoms with Crippen LogP contribution in [-0.2, 0) is 14.3 Å². The fourth-order valence-electron chi connectivity index (χ4n) is 9.53. The monoisotopic (exact) mass is 558 g/mol. The minimum absolute atomic E-state index is 0.0949. The third-order valence-corrected chi connectivity index (χ3v) is 11.9. The molecule has 8 heteroatoms. The van der Waals surface area contributed by atoms with Crippen LogP contribution in [-0.4, -0.2) is 44.6 Å². The van der Waals surface area contributed by atoms with Gasteiger partial charge in [0, 0.05) is 30.7 Å². The highest BCUT2D eigenvalue weighted by molar-refractivity contribution is 5.69. The summed E-state index contributed by atoms with van der Waals surface area (Å²) in [6.45, 7) is 4.40. The molecule has 4 fully saturated rings. The standard InChI is InChI=1S/C32H46O8/c1-29-15-11-22(40-28(36)8-6-4-3-5-7-26(33)34)19-31(29,37)17-13-25-24(29)12-16-30(2)23(14-18-32(25,30)38)21-9-10-27(35)39-20-21/h9-10,20,22-25,37-38H,3-8,11-19H2,1-2H3,(H,33,34)/t22-,23+,24-,25+,29+,30+,31-,32-/m0/s1. The van der Waals surface area contributed by atoms with Crippen molar-refractivity contribution in [3.8, 4) is 0 Å². The van der Waals surface area contributed by atoms with E-state index in [-0.39, 0.29) is 52.7 Å². The predicted molar refractivity (Wildman–Crippen MR) is 148 cm³/mol. The maximum absolute atomic E-state index is 12.5. The summed E-state index contributed by atoms with van der Waals surface area (Å²) < 4.78 is 11.0. The Labute approximate surface area is 236 Å². The first-order chi connectivity index (χ1) is 18.9. The maximum Gasteiger partial charge on any atom is 0.335 e. The van der Waals surface area contributed by atoms with Crippen LogP contribution < -0.4 is 5.63 Å². The Kier molecular flexibility index (Phi) is 7.99. The van der Waals surface area contributed by atoms with Crippen molar-refractivity contribution >= 4 is 11.9 Å². The topological polar surface area (TPSA) is 134 Å². The molecule has 1 aromatic heterocycles. The third kappa shape index (κ3) is 4.93. The van der Waals surface area contributed by atoms with Gasteiger partial charge in [0.1, 0.15) is 6.10 Å².